The average molecular weight is 218 g/mol. The van der Waals surface area contributed by atoms with Crippen molar-refractivity contribution in [2.45, 2.75) is 52.4 Å². The lowest BCUT2D eigenvalue weighted by Gasteiger charge is -1.96. The second-order valence-corrected chi connectivity index (χ2v) is 4.95. The molecule has 1 nitrogen and oxygen atoms in total. The zero-order chi connectivity index (χ0) is 11.4. The van der Waals surface area contributed by atoms with Gasteiger partial charge in [0.15, 0.2) is 5.71 Å². The lowest BCUT2D eigenvalue weighted by Crippen LogP contribution is -2.14. The molecule has 0 bridgehead atoms. The van der Waals surface area contributed by atoms with Gasteiger partial charge in [-0.25, -0.2) is 4.58 Å². The summed E-state index contributed by atoms with van der Waals surface area (Å²) in [5, 5.41) is 0. The molecule has 0 aromatic carbocycles. The van der Waals surface area contributed by atoms with Crippen LogP contribution in [0.1, 0.15) is 52.4 Å². The standard InChI is InChI=1S/C15H24N/c1-3-16(4-2)15-13-11-9-7-5-6-8-10-12-14(13)15/h13-14H,3-4,7-12H2,1-2H3/q+1. The van der Waals surface area contributed by atoms with E-state index in [-0.39, 0.29) is 0 Å². The molecule has 16 heavy (non-hydrogen) atoms. The van der Waals surface area contributed by atoms with Crippen molar-refractivity contribution >= 4 is 5.71 Å². The Morgan fingerprint density at radius 3 is 1.94 bits per heavy atom. The van der Waals surface area contributed by atoms with Gasteiger partial charge in [0.05, 0.1) is 11.8 Å². The molecule has 2 rings (SSSR count). The van der Waals surface area contributed by atoms with E-state index >= 15 is 0 Å². The summed E-state index contributed by atoms with van der Waals surface area (Å²) in [6.07, 6.45) is 7.61. The Balaban J connectivity index is 2.03. The quantitative estimate of drug-likeness (QED) is 0.495. The molecule has 0 spiro atoms. The Bertz CT molecular complexity index is 301. The molecule has 0 aromatic heterocycles. The SMILES string of the molecule is CC[N+](CC)=C1C2CCCC#CCCCC12. The zero-order valence-corrected chi connectivity index (χ0v) is 10.8. The summed E-state index contributed by atoms with van der Waals surface area (Å²) >= 11 is 0. The van der Waals surface area contributed by atoms with Crippen LogP contribution >= 0.6 is 0 Å². The third kappa shape index (κ3) is 2.48. The number of hydrogen-bond donors (Lipinski definition) is 0. The van der Waals surface area contributed by atoms with E-state index in [4.69, 9.17) is 0 Å². The fourth-order valence-electron chi connectivity index (χ4n) is 3.12. The number of nitrogens with zero attached hydrogens (tertiary/aromatic N) is 1. The highest BCUT2D eigenvalue weighted by molar-refractivity contribution is 6.00. The zero-order valence-electron chi connectivity index (χ0n) is 10.8. The summed E-state index contributed by atoms with van der Waals surface area (Å²) < 4.78 is 2.59. The van der Waals surface area contributed by atoms with Gasteiger partial charge in [-0.15, -0.1) is 11.8 Å². The maximum Gasteiger partial charge on any atom is 0.160 e. The summed E-state index contributed by atoms with van der Waals surface area (Å²) in [7, 11) is 0. The lowest BCUT2D eigenvalue weighted by atomic mass is 10.1. The minimum absolute atomic E-state index is 0.916. The van der Waals surface area contributed by atoms with Gasteiger partial charge in [-0.2, -0.15) is 0 Å². The number of fused-ring (bicyclic) bond motifs is 1. The molecule has 0 aromatic rings. The molecule has 1 fully saturated rings. The summed E-state index contributed by atoms with van der Waals surface area (Å²) in [5.41, 5.74) is 1.77. The van der Waals surface area contributed by atoms with Crippen molar-refractivity contribution in [2.24, 2.45) is 11.8 Å². The van der Waals surface area contributed by atoms with Gasteiger partial charge in [0.25, 0.3) is 0 Å². The van der Waals surface area contributed by atoms with Gasteiger partial charge < -0.3 is 0 Å². The van der Waals surface area contributed by atoms with Crippen LogP contribution in [-0.4, -0.2) is 23.4 Å². The van der Waals surface area contributed by atoms with E-state index in [1.54, 1.807) is 5.71 Å². The Morgan fingerprint density at radius 2 is 1.50 bits per heavy atom. The van der Waals surface area contributed by atoms with E-state index in [2.05, 4.69) is 30.3 Å². The van der Waals surface area contributed by atoms with Crippen molar-refractivity contribution in [1.29, 1.82) is 0 Å². The predicted molar refractivity (Wildman–Crippen MR) is 68.8 cm³/mol. The van der Waals surface area contributed by atoms with E-state index < -0.39 is 0 Å². The molecular weight excluding hydrogens is 194 g/mol. The maximum absolute atomic E-state index is 3.29. The average Bonchev–Trinajstić information content (AvgIpc) is 3.00. The molecule has 2 atom stereocenters. The van der Waals surface area contributed by atoms with E-state index in [9.17, 15) is 0 Å². The van der Waals surface area contributed by atoms with Gasteiger partial charge in [-0.3, -0.25) is 0 Å². The van der Waals surface area contributed by atoms with Gasteiger partial charge in [-0.1, -0.05) is 0 Å². The molecule has 0 amide bonds. The van der Waals surface area contributed by atoms with Crippen molar-refractivity contribution in [2.75, 3.05) is 13.1 Å². The topological polar surface area (TPSA) is 3.01 Å². The Kier molecular flexibility index (Phi) is 4.04. The van der Waals surface area contributed by atoms with Gasteiger partial charge in [-0.05, 0) is 39.5 Å². The second-order valence-electron chi connectivity index (χ2n) is 4.95. The molecule has 2 unspecified atom stereocenters. The molecule has 1 saturated carbocycles. The smallest absolute Gasteiger partial charge is 0.160 e. The molecule has 0 N–H and O–H groups in total. The van der Waals surface area contributed by atoms with Crippen LogP contribution in [0.4, 0.5) is 0 Å². The highest BCUT2D eigenvalue weighted by Gasteiger charge is 2.51. The molecule has 1 heteroatoms. The van der Waals surface area contributed by atoms with Gasteiger partial charge >= 0.3 is 0 Å². The molecule has 0 heterocycles. The molecule has 2 aliphatic carbocycles. The van der Waals surface area contributed by atoms with Crippen molar-refractivity contribution in [3.8, 4) is 11.8 Å². The van der Waals surface area contributed by atoms with Crippen molar-refractivity contribution in [3.05, 3.63) is 0 Å². The molecular formula is C15H24N+. The van der Waals surface area contributed by atoms with E-state index in [0.717, 1.165) is 24.7 Å². The van der Waals surface area contributed by atoms with Crippen LogP contribution < -0.4 is 0 Å². The molecule has 88 valence electrons. The molecule has 2 aliphatic rings. The fourth-order valence-corrected chi connectivity index (χ4v) is 3.12. The van der Waals surface area contributed by atoms with E-state index in [0.29, 0.717) is 0 Å². The van der Waals surface area contributed by atoms with Crippen LogP contribution in [0.2, 0.25) is 0 Å². The van der Waals surface area contributed by atoms with Crippen molar-refractivity contribution in [1.82, 2.24) is 0 Å². The van der Waals surface area contributed by atoms with Crippen molar-refractivity contribution in [3.63, 3.8) is 0 Å². The third-order valence-electron chi connectivity index (χ3n) is 4.02. The number of rotatable bonds is 2. The first-order valence-corrected chi connectivity index (χ1v) is 6.95. The summed E-state index contributed by atoms with van der Waals surface area (Å²) in [6, 6.07) is 0. The monoisotopic (exact) mass is 218 g/mol. The molecule has 0 aliphatic heterocycles. The summed E-state index contributed by atoms with van der Waals surface area (Å²) in [5.74, 6) is 8.42. The van der Waals surface area contributed by atoms with Crippen LogP contribution in [0.5, 0.6) is 0 Å². The normalized spacial score (nSPS) is 28.8. The summed E-state index contributed by atoms with van der Waals surface area (Å²) in [6.45, 7) is 6.94. The van der Waals surface area contributed by atoms with Crippen LogP contribution in [-0.2, 0) is 0 Å². The predicted octanol–water partition coefficient (Wildman–Crippen LogP) is 3.08. The lowest BCUT2D eigenvalue weighted by molar-refractivity contribution is -0.519. The first kappa shape index (κ1) is 11.7. The van der Waals surface area contributed by atoms with Crippen LogP contribution in [0.15, 0.2) is 0 Å². The minimum atomic E-state index is 0.916. The number of hydrogen-bond acceptors (Lipinski definition) is 0. The van der Waals surface area contributed by atoms with Crippen LogP contribution in [0.3, 0.4) is 0 Å². The van der Waals surface area contributed by atoms with E-state index in [1.165, 1.54) is 38.8 Å². The molecule has 0 radical (unpaired) electrons. The first-order valence-electron chi connectivity index (χ1n) is 6.95. The van der Waals surface area contributed by atoms with Gasteiger partial charge in [0.2, 0.25) is 0 Å². The minimum Gasteiger partial charge on any atom is -0.237 e. The molecule has 0 saturated heterocycles. The Labute approximate surface area is 99.9 Å². The third-order valence-corrected chi connectivity index (χ3v) is 4.02. The maximum atomic E-state index is 3.29. The second kappa shape index (κ2) is 5.53. The highest BCUT2D eigenvalue weighted by atomic mass is 15.0. The first-order chi connectivity index (χ1) is 7.88. The van der Waals surface area contributed by atoms with Gasteiger partial charge in [0, 0.05) is 12.8 Å². The van der Waals surface area contributed by atoms with Crippen LogP contribution in [0, 0.1) is 23.7 Å². The van der Waals surface area contributed by atoms with Crippen LogP contribution in [0.25, 0.3) is 0 Å². The Morgan fingerprint density at radius 1 is 1.00 bits per heavy atom. The van der Waals surface area contributed by atoms with E-state index in [1.807, 2.05) is 0 Å². The van der Waals surface area contributed by atoms with Crippen molar-refractivity contribution < 1.29 is 4.58 Å². The fraction of sp³-hybridized carbons (Fsp3) is 0.800. The Hall–Kier alpha value is -0.770. The highest BCUT2D eigenvalue weighted by Crippen LogP contribution is 2.42. The largest absolute Gasteiger partial charge is 0.237 e. The van der Waals surface area contributed by atoms with Gasteiger partial charge in [0.1, 0.15) is 13.1 Å². The summed E-state index contributed by atoms with van der Waals surface area (Å²) in [4.78, 5) is 0.